The fourth-order valence-corrected chi connectivity index (χ4v) is 3.65. The molecular weight excluding hydrogens is 405 g/mol. The van der Waals surface area contributed by atoms with E-state index in [2.05, 4.69) is 20.8 Å². The number of hydrogen-bond acceptors (Lipinski definition) is 5. The average Bonchev–Trinajstić information content (AvgIpc) is 2.55. The first-order valence-electron chi connectivity index (χ1n) is 11.3. The average molecular weight is 453 g/mol. The summed E-state index contributed by atoms with van der Waals surface area (Å²) in [5.74, 6) is -0.937. The first-order valence-corrected chi connectivity index (χ1v) is 12.4. The summed E-state index contributed by atoms with van der Waals surface area (Å²) in [5, 5.41) is 9.00. The highest BCUT2D eigenvalue weighted by molar-refractivity contribution is 7.40. The number of carbonyl (C=O) groups is 1. The van der Waals surface area contributed by atoms with Gasteiger partial charge in [0, 0.05) is 13.2 Å². The van der Waals surface area contributed by atoms with Gasteiger partial charge < -0.3 is 28.3 Å². The van der Waals surface area contributed by atoms with Crippen LogP contribution in [0.1, 0.15) is 78.6 Å². The summed E-state index contributed by atoms with van der Waals surface area (Å²) in [7, 11) is 3.84. The van der Waals surface area contributed by atoms with Gasteiger partial charge in [-0.3, -0.25) is 4.79 Å². The molecule has 2 atom stereocenters. The molecule has 0 saturated carbocycles. The fourth-order valence-electron chi connectivity index (χ4n) is 2.91. The first-order chi connectivity index (χ1) is 13.9. The monoisotopic (exact) mass is 452 g/mol. The Morgan fingerprint density at radius 3 is 1.97 bits per heavy atom. The second kappa shape index (κ2) is 16.3. The molecule has 0 radical (unpaired) electrons. The molecule has 0 aliphatic carbocycles. The smallest absolute Gasteiger partial charge is 0.330 e. The number of ether oxygens (including phenoxy) is 1. The van der Waals surface area contributed by atoms with Crippen LogP contribution in [0.4, 0.5) is 0 Å². The summed E-state index contributed by atoms with van der Waals surface area (Å²) in [6.45, 7) is 9.36. The Hall–Kier alpha value is -0.300. The third-order valence-corrected chi connectivity index (χ3v) is 5.41. The van der Waals surface area contributed by atoms with Gasteiger partial charge in [-0.25, -0.2) is 0 Å². The Morgan fingerprint density at radius 1 is 0.933 bits per heavy atom. The number of aliphatic carboxylic acids is 1. The number of unbranched alkanes of at least 4 members (excludes halogenated alkanes) is 6. The molecule has 0 aliphatic rings. The number of rotatable bonds is 19. The second-order valence-corrected chi connectivity index (χ2v) is 11.2. The van der Waals surface area contributed by atoms with E-state index in [0.717, 1.165) is 45.3 Å². The van der Waals surface area contributed by atoms with Crippen LogP contribution in [0.25, 0.3) is 0 Å². The van der Waals surface area contributed by atoms with Crippen molar-refractivity contribution in [3.8, 4) is 0 Å². The molecule has 0 aliphatic heterocycles. The predicted molar refractivity (Wildman–Crippen MR) is 122 cm³/mol. The van der Waals surface area contributed by atoms with Crippen molar-refractivity contribution in [1.82, 2.24) is 0 Å². The lowest BCUT2D eigenvalue weighted by atomic mass is 9.93. The summed E-state index contributed by atoms with van der Waals surface area (Å²) in [6.07, 6.45) is 8.26. The highest BCUT2D eigenvalue weighted by Gasteiger charge is 2.25. The largest absolute Gasteiger partial charge is 0.481 e. The first kappa shape index (κ1) is 29.7. The maximum atomic E-state index is 11.0. The predicted octanol–water partition coefficient (Wildman–Crippen LogP) is 4.97. The summed E-state index contributed by atoms with van der Waals surface area (Å²) in [6, 6.07) is 0. The lowest BCUT2D eigenvalue weighted by molar-refractivity contribution is -0.873. The number of quaternary nitrogens is 1. The number of likely N-dealkylation sites (N-methyl/N-ethyl adjacent to an activating group) is 1. The van der Waals surface area contributed by atoms with Crippen molar-refractivity contribution >= 4 is 14.6 Å². The Labute approximate surface area is 185 Å². The molecule has 0 aromatic rings. The molecule has 8 heteroatoms. The van der Waals surface area contributed by atoms with Gasteiger partial charge in [-0.15, -0.1) is 0 Å². The quantitative estimate of drug-likeness (QED) is 0.163. The zero-order chi connectivity index (χ0) is 23.0. The van der Waals surface area contributed by atoms with E-state index in [1.54, 1.807) is 0 Å². The third kappa shape index (κ3) is 22.4. The molecule has 0 spiro atoms. The maximum Gasteiger partial charge on any atom is 0.330 e. The number of carboxylic acids is 1. The van der Waals surface area contributed by atoms with Crippen molar-refractivity contribution in [3.63, 3.8) is 0 Å². The van der Waals surface area contributed by atoms with E-state index >= 15 is 0 Å². The molecule has 0 aromatic carbocycles. The zero-order valence-corrected chi connectivity index (χ0v) is 21.1. The van der Waals surface area contributed by atoms with Crippen molar-refractivity contribution < 1.29 is 33.1 Å². The molecule has 0 fully saturated rings. The SMILES string of the molecule is CC(C)(C)CCOCCCCCCCCCOP(O)O[C@H](CC(=O)O)C[N+](C)(C)C. The van der Waals surface area contributed by atoms with Gasteiger partial charge in [-0.05, 0) is 24.7 Å². The van der Waals surface area contributed by atoms with Gasteiger partial charge in [0.05, 0.1) is 34.2 Å². The van der Waals surface area contributed by atoms with Crippen LogP contribution in [0.2, 0.25) is 0 Å². The molecule has 1 unspecified atom stereocenters. The van der Waals surface area contributed by atoms with E-state index in [4.69, 9.17) is 18.9 Å². The van der Waals surface area contributed by atoms with Crippen LogP contribution >= 0.6 is 8.60 Å². The van der Waals surface area contributed by atoms with Crippen LogP contribution in [-0.2, 0) is 18.6 Å². The topological polar surface area (TPSA) is 85.2 Å². The maximum absolute atomic E-state index is 11.0. The normalized spacial score (nSPS) is 14.6. The van der Waals surface area contributed by atoms with E-state index in [9.17, 15) is 9.69 Å². The van der Waals surface area contributed by atoms with Gasteiger partial charge in [0.15, 0.2) is 0 Å². The van der Waals surface area contributed by atoms with Crippen LogP contribution in [0.3, 0.4) is 0 Å². The number of hydrogen-bond donors (Lipinski definition) is 2. The van der Waals surface area contributed by atoms with Gasteiger partial charge in [0.1, 0.15) is 12.6 Å². The van der Waals surface area contributed by atoms with Crippen LogP contribution in [0, 0.1) is 5.41 Å². The number of nitrogens with zero attached hydrogens (tertiary/aromatic N) is 1. The van der Waals surface area contributed by atoms with Gasteiger partial charge in [-0.1, -0.05) is 52.9 Å². The lowest BCUT2D eigenvalue weighted by Gasteiger charge is -2.29. The standard InChI is InChI=1S/C22H46NO6P/c1-22(2,3)14-17-27-15-12-10-8-7-9-11-13-16-28-30(26)29-20(18-21(24)25)19-23(4,5)6/h20,26H,7-19H2,1-6H3/p+1/t20-,30?/m1/s1. The van der Waals surface area contributed by atoms with E-state index in [1.165, 1.54) is 19.3 Å². The van der Waals surface area contributed by atoms with Gasteiger partial charge in [-0.2, -0.15) is 0 Å². The summed E-state index contributed by atoms with van der Waals surface area (Å²) in [4.78, 5) is 20.9. The van der Waals surface area contributed by atoms with E-state index in [0.29, 0.717) is 23.0 Å². The molecule has 0 aromatic heterocycles. The minimum atomic E-state index is -2.04. The zero-order valence-electron chi connectivity index (χ0n) is 20.2. The van der Waals surface area contributed by atoms with Crippen LogP contribution < -0.4 is 0 Å². The molecule has 0 saturated heterocycles. The van der Waals surface area contributed by atoms with Crippen molar-refractivity contribution in [1.29, 1.82) is 0 Å². The molecule has 2 N–H and O–H groups in total. The highest BCUT2D eigenvalue weighted by Crippen LogP contribution is 2.36. The lowest BCUT2D eigenvalue weighted by Crippen LogP contribution is -2.42. The highest BCUT2D eigenvalue weighted by atomic mass is 31.2. The Balaban J connectivity index is 3.61. The summed E-state index contributed by atoms with van der Waals surface area (Å²) < 4.78 is 17.0. The van der Waals surface area contributed by atoms with Crippen LogP contribution in [0.15, 0.2) is 0 Å². The Morgan fingerprint density at radius 2 is 1.47 bits per heavy atom. The summed E-state index contributed by atoms with van der Waals surface area (Å²) >= 11 is 0. The van der Waals surface area contributed by atoms with Crippen molar-refractivity contribution in [2.75, 3.05) is 47.5 Å². The van der Waals surface area contributed by atoms with Crippen molar-refractivity contribution in [2.45, 2.75) is 84.7 Å². The molecule has 30 heavy (non-hydrogen) atoms. The van der Waals surface area contributed by atoms with Crippen molar-refractivity contribution in [3.05, 3.63) is 0 Å². The molecule has 7 nitrogen and oxygen atoms in total. The molecule has 0 amide bonds. The van der Waals surface area contributed by atoms with Gasteiger partial charge >= 0.3 is 14.6 Å². The third-order valence-electron chi connectivity index (χ3n) is 4.52. The van der Waals surface area contributed by atoms with Crippen molar-refractivity contribution in [2.24, 2.45) is 5.41 Å². The Bertz CT molecular complexity index is 436. The number of carboxylic acid groups (broad SMARTS) is 1. The molecule has 0 rings (SSSR count). The van der Waals surface area contributed by atoms with Crippen LogP contribution in [-0.4, -0.2) is 74.1 Å². The molecule has 0 bridgehead atoms. The minimum Gasteiger partial charge on any atom is -0.481 e. The second-order valence-electron chi connectivity index (χ2n) is 10.3. The molecular formula is C22H47NO6P+. The van der Waals surface area contributed by atoms with E-state index in [1.807, 2.05) is 21.1 Å². The van der Waals surface area contributed by atoms with Gasteiger partial charge in [0.25, 0.3) is 0 Å². The van der Waals surface area contributed by atoms with E-state index in [-0.39, 0.29) is 6.42 Å². The minimum absolute atomic E-state index is 0.139. The van der Waals surface area contributed by atoms with Crippen LogP contribution in [0.5, 0.6) is 0 Å². The van der Waals surface area contributed by atoms with Gasteiger partial charge in [0.2, 0.25) is 0 Å². The summed E-state index contributed by atoms with van der Waals surface area (Å²) in [5.41, 5.74) is 0.346. The fraction of sp³-hybridized carbons (Fsp3) is 0.955. The van der Waals surface area contributed by atoms with E-state index < -0.39 is 20.7 Å². The Kier molecular flexibility index (Phi) is 16.2. The molecule has 0 heterocycles. The molecule has 180 valence electrons.